The maximum absolute atomic E-state index is 13.1. The van der Waals surface area contributed by atoms with Crippen LogP contribution in [0.15, 0.2) is 12.1 Å². The molecule has 0 saturated carbocycles. The van der Waals surface area contributed by atoms with Gasteiger partial charge in [0.2, 0.25) is 0 Å². The number of hydrogen-bond acceptors (Lipinski definition) is 2. The van der Waals surface area contributed by atoms with E-state index in [2.05, 4.69) is 0 Å². The molecule has 0 radical (unpaired) electrons. The van der Waals surface area contributed by atoms with Crippen LogP contribution in [-0.4, -0.2) is 7.11 Å². The highest BCUT2D eigenvalue weighted by atomic mass is 35.5. The van der Waals surface area contributed by atoms with E-state index in [1.807, 2.05) is 0 Å². The van der Waals surface area contributed by atoms with Crippen molar-refractivity contribution < 1.29 is 9.13 Å². The van der Waals surface area contributed by atoms with Crippen LogP contribution in [0, 0.1) is 5.82 Å². The SMILES string of the molecule is COc1cc(F)c(CN)c(Cl)c1. The van der Waals surface area contributed by atoms with E-state index in [-0.39, 0.29) is 6.54 Å². The van der Waals surface area contributed by atoms with Crippen molar-refractivity contribution in [3.8, 4) is 5.75 Å². The number of hydrogen-bond donors (Lipinski definition) is 1. The van der Waals surface area contributed by atoms with Gasteiger partial charge < -0.3 is 10.5 Å². The van der Waals surface area contributed by atoms with Crippen LogP contribution in [0.1, 0.15) is 5.56 Å². The van der Waals surface area contributed by atoms with Gasteiger partial charge in [0.1, 0.15) is 11.6 Å². The lowest BCUT2D eigenvalue weighted by Gasteiger charge is -2.05. The van der Waals surface area contributed by atoms with Crippen LogP contribution in [0.5, 0.6) is 5.75 Å². The molecule has 0 saturated heterocycles. The number of nitrogens with two attached hydrogens (primary N) is 1. The molecule has 1 aromatic rings. The first-order valence-electron chi connectivity index (χ1n) is 3.41. The van der Waals surface area contributed by atoms with E-state index < -0.39 is 5.82 Å². The molecule has 1 rings (SSSR count). The van der Waals surface area contributed by atoms with Gasteiger partial charge >= 0.3 is 0 Å². The van der Waals surface area contributed by atoms with Crippen molar-refractivity contribution in [3.05, 3.63) is 28.5 Å². The average molecular weight is 190 g/mol. The number of ether oxygens (including phenoxy) is 1. The van der Waals surface area contributed by atoms with Crippen LogP contribution in [0.25, 0.3) is 0 Å². The van der Waals surface area contributed by atoms with Crippen LogP contribution in [0.2, 0.25) is 5.02 Å². The number of benzene rings is 1. The molecule has 2 N–H and O–H groups in total. The molecule has 0 unspecified atom stereocenters. The largest absolute Gasteiger partial charge is 0.497 e. The quantitative estimate of drug-likeness (QED) is 0.772. The van der Waals surface area contributed by atoms with Gasteiger partial charge in [0.05, 0.1) is 12.1 Å². The topological polar surface area (TPSA) is 35.2 Å². The van der Waals surface area contributed by atoms with Crippen LogP contribution in [0.4, 0.5) is 4.39 Å². The smallest absolute Gasteiger partial charge is 0.132 e. The van der Waals surface area contributed by atoms with E-state index >= 15 is 0 Å². The van der Waals surface area contributed by atoms with Crippen LogP contribution in [-0.2, 0) is 6.54 Å². The average Bonchev–Trinajstić information content (AvgIpc) is 2.03. The molecule has 0 aliphatic heterocycles. The standard InChI is InChI=1S/C8H9ClFNO/c1-12-5-2-7(9)6(4-11)8(10)3-5/h2-3H,4,11H2,1H3. The van der Waals surface area contributed by atoms with Crippen molar-refractivity contribution in [2.24, 2.45) is 5.73 Å². The first kappa shape index (κ1) is 9.29. The zero-order chi connectivity index (χ0) is 9.14. The van der Waals surface area contributed by atoms with E-state index in [0.29, 0.717) is 16.3 Å². The van der Waals surface area contributed by atoms with E-state index in [9.17, 15) is 4.39 Å². The van der Waals surface area contributed by atoms with Gasteiger partial charge in [-0.05, 0) is 6.07 Å². The van der Waals surface area contributed by atoms with Crippen molar-refractivity contribution in [3.63, 3.8) is 0 Å². The highest BCUT2D eigenvalue weighted by Gasteiger charge is 2.07. The number of halogens is 2. The summed E-state index contributed by atoms with van der Waals surface area (Å²) in [6.45, 7) is 0.0919. The second-order valence-electron chi connectivity index (χ2n) is 2.27. The Kier molecular flexibility index (Phi) is 2.89. The van der Waals surface area contributed by atoms with E-state index in [1.165, 1.54) is 19.2 Å². The van der Waals surface area contributed by atoms with E-state index in [4.69, 9.17) is 22.1 Å². The van der Waals surface area contributed by atoms with Crippen LogP contribution < -0.4 is 10.5 Å². The molecule has 0 aliphatic carbocycles. The molecule has 2 nitrogen and oxygen atoms in total. The summed E-state index contributed by atoms with van der Waals surface area (Å²) in [5.41, 5.74) is 5.59. The Balaban J connectivity index is 3.18. The second kappa shape index (κ2) is 3.74. The third-order valence-corrected chi connectivity index (χ3v) is 1.89. The fourth-order valence-electron chi connectivity index (χ4n) is 0.893. The van der Waals surface area contributed by atoms with Gasteiger partial charge in [-0.2, -0.15) is 0 Å². The summed E-state index contributed by atoms with van der Waals surface area (Å²) in [6, 6.07) is 2.79. The number of methoxy groups -OCH3 is 1. The monoisotopic (exact) mass is 189 g/mol. The van der Waals surface area contributed by atoms with Gasteiger partial charge in [-0.25, -0.2) is 4.39 Å². The Hall–Kier alpha value is -0.800. The first-order valence-corrected chi connectivity index (χ1v) is 3.78. The third-order valence-electron chi connectivity index (χ3n) is 1.55. The molecule has 0 atom stereocenters. The lowest BCUT2D eigenvalue weighted by Crippen LogP contribution is -2.01. The molecule has 0 amide bonds. The molecule has 1 aromatic carbocycles. The maximum atomic E-state index is 13.1. The minimum Gasteiger partial charge on any atom is -0.497 e. The van der Waals surface area contributed by atoms with Gasteiger partial charge in [0.15, 0.2) is 0 Å². The first-order chi connectivity index (χ1) is 5.69. The molecule has 0 bridgehead atoms. The second-order valence-corrected chi connectivity index (χ2v) is 2.68. The third kappa shape index (κ3) is 1.68. The highest BCUT2D eigenvalue weighted by molar-refractivity contribution is 6.31. The zero-order valence-corrected chi connectivity index (χ0v) is 7.36. The summed E-state index contributed by atoms with van der Waals surface area (Å²) >= 11 is 5.71. The van der Waals surface area contributed by atoms with Crippen molar-refractivity contribution in [2.75, 3.05) is 7.11 Å². The Morgan fingerprint density at radius 3 is 2.67 bits per heavy atom. The summed E-state index contributed by atoms with van der Waals surface area (Å²) < 4.78 is 17.9. The Bertz CT molecular complexity index is 267. The molecule has 4 heteroatoms. The summed E-state index contributed by atoms with van der Waals surface area (Å²) in [6.07, 6.45) is 0. The maximum Gasteiger partial charge on any atom is 0.132 e. The van der Waals surface area contributed by atoms with Crippen molar-refractivity contribution in [1.82, 2.24) is 0 Å². The van der Waals surface area contributed by atoms with Crippen molar-refractivity contribution in [1.29, 1.82) is 0 Å². The van der Waals surface area contributed by atoms with E-state index in [0.717, 1.165) is 0 Å². The van der Waals surface area contributed by atoms with Gasteiger partial charge in [0, 0.05) is 18.2 Å². The molecule has 66 valence electrons. The predicted octanol–water partition coefficient (Wildman–Crippen LogP) is 1.95. The molecule has 12 heavy (non-hydrogen) atoms. The van der Waals surface area contributed by atoms with Gasteiger partial charge in [-0.1, -0.05) is 11.6 Å². The zero-order valence-electron chi connectivity index (χ0n) is 6.60. The molecule has 0 fully saturated rings. The molecule has 0 spiro atoms. The molecule has 0 heterocycles. The van der Waals surface area contributed by atoms with E-state index in [1.54, 1.807) is 0 Å². The fraction of sp³-hybridized carbons (Fsp3) is 0.250. The van der Waals surface area contributed by atoms with Gasteiger partial charge in [-0.3, -0.25) is 0 Å². The molecule has 0 aromatic heterocycles. The Morgan fingerprint density at radius 1 is 1.58 bits per heavy atom. The summed E-state index contributed by atoms with van der Waals surface area (Å²) in [5, 5.41) is 0.300. The number of rotatable bonds is 2. The molecular weight excluding hydrogens is 181 g/mol. The van der Waals surface area contributed by atoms with Crippen LogP contribution in [0.3, 0.4) is 0 Å². The van der Waals surface area contributed by atoms with Gasteiger partial charge in [0.25, 0.3) is 0 Å². The minimum absolute atomic E-state index is 0.0919. The van der Waals surface area contributed by atoms with Gasteiger partial charge in [-0.15, -0.1) is 0 Å². The summed E-state index contributed by atoms with van der Waals surface area (Å²) in [5.74, 6) is -0.0310. The van der Waals surface area contributed by atoms with Crippen molar-refractivity contribution in [2.45, 2.75) is 6.54 Å². The Morgan fingerprint density at radius 2 is 2.25 bits per heavy atom. The lowest BCUT2D eigenvalue weighted by molar-refractivity contribution is 0.411. The fourth-order valence-corrected chi connectivity index (χ4v) is 1.17. The predicted molar refractivity (Wildman–Crippen MR) is 45.9 cm³/mol. The minimum atomic E-state index is -0.429. The normalized spacial score (nSPS) is 10.0. The Labute approximate surface area is 75.1 Å². The summed E-state index contributed by atoms with van der Waals surface area (Å²) in [7, 11) is 1.45. The van der Waals surface area contributed by atoms with Crippen molar-refractivity contribution >= 4 is 11.6 Å². The molecule has 0 aliphatic rings. The lowest BCUT2D eigenvalue weighted by atomic mass is 10.2. The summed E-state index contributed by atoms with van der Waals surface area (Å²) in [4.78, 5) is 0. The highest BCUT2D eigenvalue weighted by Crippen LogP contribution is 2.24. The van der Waals surface area contributed by atoms with Crippen LogP contribution >= 0.6 is 11.6 Å². The molecular formula is C8H9ClFNO.